The molecule has 1 atom stereocenters. The first-order chi connectivity index (χ1) is 13.6. The third-order valence-electron chi connectivity index (χ3n) is 5.07. The molecule has 0 bridgehead atoms. The summed E-state index contributed by atoms with van der Waals surface area (Å²) >= 11 is 4.66. The van der Waals surface area contributed by atoms with E-state index in [-0.39, 0.29) is 16.4 Å². The van der Waals surface area contributed by atoms with Gasteiger partial charge >= 0.3 is 0 Å². The van der Waals surface area contributed by atoms with E-state index < -0.39 is 0 Å². The van der Waals surface area contributed by atoms with Crippen molar-refractivity contribution in [3.8, 4) is 16.9 Å². The highest BCUT2D eigenvalue weighted by atomic mass is 79.9. The van der Waals surface area contributed by atoms with Crippen molar-refractivity contribution in [2.24, 2.45) is 0 Å². The molecule has 0 aliphatic rings. The molecular weight excluding hydrogens is 432 g/mol. The molecule has 0 fully saturated rings. The van der Waals surface area contributed by atoms with Crippen molar-refractivity contribution >= 4 is 37.4 Å². The number of hydrogen-bond donors (Lipinski definition) is 1. The predicted molar refractivity (Wildman–Crippen MR) is 121 cm³/mol. The summed E-state index contributed by atoms with van der Waals surface area (Å²) in [5.74, 6) is -0.0180. The van der Waals surface area contributed by atoms with Crippen LogP contribution in [0.1, 0.15) is 30.4 Å². The van der Waals surface area contributed by atoms with Crippen LogP contribution in [-0.2, 0) is 0 Å². The number of rotatable bonds is 4. The van der Waals surface area contributed by atoms with Crippen molar-refractivity contribution in [3.63, 3.8) is 0 Å². The van der Waals surface area contributed by atoms with Gasteiger partial charge in [-0.25, -0.2) is 0 Å². The molecule has 4 heteroatoms. The minimum absolute atomic E-state index is 0.0694. The van der Waals surface area contributed by atoms with E-state index in [2.05, 4.69) is 52.3 Å². The maximum absolute atomic E-state index is 12.8. The summed E-state index contributed by atoms with van der Waals surface area (Å²) in [5, 5.41) is 11.6. The summed E-state index contributed by atoms with van der Waals surface area (Å²) < 4.78 is 1.80. The molecule has 0 aliphatic carbocycles. The SMILES string of the molecule is CCC(c1ccc(-c2ccc(Br)cc2)cc1)c1c(O)c2ccccc2sc1=O. The van der Waals surface area contributed by atoms with Gasteiger partial charge in [-0.2, -0.15) is 0 Å². The van der Waals surface area contributed by atoms with Gasteiger partial charge in [0.1, 0.15) is 5.75 Å². The van der Waals surface area contributed by atoms with Gasteiger partial charge in [0.25, 0.3) is 0 Å². The number of hydrogen-bond acceptors (Lipinski definition) is 3. The number of halogens is 1. The molecule has 0 saturated heterocycles. The van der Waals surface area contributed by atoms with Crippen molar-refractivity contribution in [1.29, 1.82) is 0 Å². The van der Waals surface area contributed by atoms with Crippen molar-refractivity contribution in [1.82, 2.24) is 0 Å². The Kier molecular flexibility index (Phi) is 5.33. The van der Waals surface area contributed by atoms with Crippen LogP contribution in [0, 0.1) is 0 Å². The Labute approximate surface area is 176 Å². The second kappa shape index (κ2) is 7.90. The van der Waals surface area contributed by atoms with E-state index in [9.17, 15) is 9.90 Å². The lowest BCUT2D eigenvalue weighted by atomic mass is 9.88. The van der Waals surface area contributed by atoms with Crippen molar-refractivity contribution in [2.45, 2.75) is 19.3 Å². The van der Waals surface area contributed by atoms with Gasteiger partial charge in [-0.1, -0.05) is 82.7 Å². The zero-order valence-corrected chi connectivity index (χ0v) is 17.8. The van der Waals surface area contributed by atoms with E-state index in [0.29, 0.717) is 5.56 Å². The largest absolute Gasteiger partial charge is 0.507 e. The van der Waals surface area contributed by atoms with E-state index >= 15 is 0 Å². The summed E-state index contributed by atoms with van der Waals surface area (Å²) in [4.78, 5) is 12.8. The molecule has 1 aromatic heterocycles. The Morgan fingerprint density at radius 2 is 1.54 bits per heavy atom. The highest BCUT2D eigenvalue weighted by Gasteiger charge is 2.22. The van der Waals surface area contributed by atoms with E-state index in [4.69, 9.17) is 0 Å². The average Bonchev–Trinajstić information content (AvgIpc) is 2.72. The molecule has 140 valence electrons. The van der Waals surface area contributed by atoms with Crippen molar-refractivity contribution in [3.05, 3.63) is 97.9 Å². The smallest absolute Gasteiger partial charge is 0.240 e. The van der Waals surface area contributed by atoms with Crippen LogP contribution in [0.3, 0.4) is 0 Å². The van der Waals surface area contributed by atoms with E-state index in [1.165, 1.54) is 11.3 Å². The van der Waals surface area contributed by atoms with Crippen LogP contribution in [0.2, 0.25) is 0 Å². The molecule has 0 aliphatic heterocycles. The number of aromatic hydroxyl groups is 1. The van der Waals surface area contributed by atoms with E-state index in [1.54, 1.807) is 0 Å². The summed E-state index contributed by atoms with van der Waals surface area (Å²) in [7, 11) is 0. The first-order valence-corrected chi connectivity index (χ1v) is 10.8. The second-order valence-corrected chi connectivity index (χ2v) is 8.67. The molecule has 0 amide bonds. The van der Waals surface area contributed by atoms with Crippen LogP contribution in [-0.4, -0.2) is 5.11 Å². The van der Waals surface area contributed by atoms with Gasteiger partial charge in [-0.05, 0) is 47.4 Å². The molecule has 1 heterocycles. The van der Waals surface area contributed by atoms with Gasteiger partial charge < -0.3 is 5.11 Å². The maximum Gasteiger partial charge on any atom is 0.240 e. The molecule has 4 aromatic rings. The standard InChI is InChI=1S/C24H19BrO2S/c1-2-19(22-23(26)20-5-3-4-6-21(20)28-24(22)27)17-9-7-15(8-10-17)16-11-13-18(25)14-12-16/h3-14,19,26H,2H2,1H3. The quantitative estimate of drug-likeness (QED) is 0.365. The Morgan fingerprint density at radius 3 is 2.18 bits per heavy atom. The molecule has 1 N–H and O–H groups in total. The van der Waals surface area contributed by atoms with Crippen LogP contribution in [0.5, 0.6) is 5.75 Å². The Hall–Kier alpha value is -2.43. The van der Waals surface area contributed by atoms with Crippen LogP contribution in [0.25, 0.3) is 21.2 Å². The van der Waals surface area contributed by atoms with Crippen molar-refractivity contribution in [2.75, 3.05) is 0 Å². The normalized spacial score (nSPS) is 12.2. The summed E-state index contributed by atoms with van der Waals surface area (Å²) in [6, 6.07) is 24.0. The summed E-state index contributed by atoms with van der Waals surface area (Å²) in [6.45, 7) is 2.05. The molecule has 28 heavy (non-hydrogen) atoms. The zero-order chi connectivity index (χ0) is 19.7. The van der Waals surface area contributed by atoms with E-state index in [1.807, 2.05) is 43.3 Å². The number of benzene rings is 3. The topological polar surface area (TPSA) is 37.3 Å². The third kappa shape index (κ3) is 3.50. The molecule has 2 nitrogen and oxygen atoms in total. The molecule has 0 spiro atoms. The fourth-order valence-corrected chi connectivity index (χ4v) is 4.85. The van der Waals surface area contributed by atoms with Crippen LogP contribution in [0.4, 0.5) is 0 Å². The molecule has 0 saturated carbocycles. The van der Waals surface area contributed by atoms with Crippen LogP contribution in [0.15, 0.2) is 82.1 Å². The maximum atomic E-state index is 12.8. The fourth-order valence-electron chi connectivity index (χ4n) is 3.61. The molecular formula is C24H19BrO2S. The first kappa shape index (κ1) is 18.9. The Morgan fingerprint density at radius 1 is 0.929 bits per heavy atom. The predicted octanol–water partition coefficient (Wildman–Crippen LogP) is 6.94. The highest BCUT2D eigenvalue weighted by Crippen LogP contribution is 2.37. The van der Waals surface area contributed by atoms with Gasteiger partial charge in [0, 0.05) is 20.5 Å². The summed E-state index contributed by atoms with van der Waals surface area (Å²) in [6.07, 6.45) is 0.742. The van der Waals surface area contributed by atoms with Gasteiger partial charge in [0.2, 0.25) is 4.74 Å². The van der Waals surface area contributed by atoms with Gasteiger partial charge in [-0.15, -0.1) is 0 Å². The number of fused-ring (bicyclic) bond motifs is 1. The van der Waals surface area contributed by atoms with Gasteiger partial charge in [0.05, 0.1) is 5.56 Å². The lowest BCUT2D eigenvalue weighted by Gasteiger charge is -2.18. The minimum Gasteiger partial charge on any atom is -0.507 e. The van der Waals surface area contributed by atoms with Crippen LogP contribution >= 0.6 is 27.3 Å². The first-order valence-electron chi connectivity index (χ1n) is 9.19. The van der Waals surface area contributed by atoms with Gasteiger partial charge in [-0.3, -0.25) is 4.79 Å². The lowest BCUT2D eigenvalue weighted by molar-refractivity contribution is 0.470. The fraction of sp³-hybridized carbons (Fsp3) is 0.125. The third-order valence-corrected chi connectivity index (χ3v) is 6.58. The van der Waals surface area contributed by atoms with Crippen molar-refractivity contribution < 1.29 is 5.11 Å². The Balaban J connectivity index is 1.76. The zero-order valence-electron chi connectivity index (χ0n) is 15.4. The second-order valence-electron chi connectivity index (χ2n) is 6.74. The molecule has 3 aromatic carbocycles. The lowest BCUT2D eigenvalue weighted by Crippen LogP contribution is -2.11. The highest BCUT2D eigenvalue weighted by molar-refractivity contribution is 9.10. The van der Waals surface area contributed by atoms with E-state index in [0.717, 1.165) is 37.7 Å². The molecule has 4 rings (SSSR count). The monoisotopic (exact) mass is 450 g/mol. The average molecular weight is 451 g/mol. The molecule has 1 unspecified atom stereocenters. The summed E-state index contributed by atoms with van der Waals surface area (Å²) in [5.41, 5.74) is 3.81. The van der Waals surface area contributed by atoms with Crippen LogP contribution < -0.4 is 4.74 Å². The minimum atomic E-state index is -0.132. The Bertz CT molecular complexity index is 1180. The molecule has 0 radical (unpaired) electrons. The van der Waals surface area contributed by atoms with Gasteiger partial charge in [0.15, 0.2) is 0 Å².